The fourth-order valence-electron chi connectivity index (χ4n) is 3.37. The molecule has 2 amide bonds. The van der Waals surface area contributed by atoms with Crippen molar-refractivity contribution in [2.45, 2.75) is 27.2 Å². The maximum atomic E-state index is 12.5. The number of anilines is 1. The molecule has 28 heavy (non-hydrogen) atoms. The number of aryl methyl sites for hydroxylation is 2. The van der Waals surface area contributed by atoms with E-state index in [2.05, 4.69) is 10.3 Å². The SMILES string of the molecule is CC(=O)N(CCc1c[nH]c2ccccc12)CC(=O)Nc1c(C)cc(C)cc1Cl. The molecule has 3 rings (SSSR count). The molecule has 2 N–H and O–H groups in total. The second kappa shape index (κ2) is 8.48. The number of H-pyrrole nitrogens is 1. The van der Waals surface area contributed by atoms with Gasteiger partial charge in [0.15, 0.2) is 0 Å². The summed E-state index contributed by atoms with van der Waals surface area (Å²) in [6, 6.07) is 11.8. The molecule has 0 radical (unpaired) electrons. The molecule has 146 valence electrons. The number of halogens is 1. The molecule has 0 bridgehead atoms. The number of nitrogens with zero attached hydrogens (tertiary/aromatic N) is 1. The van der Waals surface area contributed by atoms with Gasteiger partial charge in [-0.25, -0.2) is 0 Å². The Hall–Kier alpha value is -2.79. The average molecular weight is 398 g/mol. The van der Waals surface area contributed by atoms with Gasteiger partial charge in [0.1, 0.15) is 0 Å². The van der Waals surface area contributed by atoms with E-state index in [-0.39, 0.29) is 18.4 Å². The van der Waals surface area contributed by atoms with E-state index < -0.39 is 0 Å². The number of fused-ring (bicyclic) bond motifs is 1. The van der Waals surface area contributed by atoms with E-state index in [1.54, 1.807) is 4.90 Å². The molecule has 1 heterocycles. The van der Waals surface area contributed by atoms with Crippen LogP contribution in [0.15, 0.2) is 42.6 Å². The molecule has 0 atom stereocenters. The molecule has 0 saturated carbocycles. The zero-order chi connectivity index (χ0) is 20.3. The van der Waals surface area contributed by atoms with E-state index in [0.29, 0.717) is 23.7 Å². The fraction of sp³-hybridized carbons (Fsp3) is 0.273. The van der Waals surface area contributed by atoms with Gasteiger partial charge in [0.25, 0.3) is 0 Å². The number of aromatic amines is 1. The summed E-state index contributed by atoms with van der Waals surface area (Å²) in [5, 5.41) is 4.48. The average Bonchev–Trinajstić information content (AvgIpc) is 3.04. The summed E-state index contributed by atoms with van der Waals surface area (Å²) in [5.74, 6) is -0.398. The van der Waals surface area contributed by atoms with Crippen LogP contribution in [-0.2, 0) is 16.0 Å². The number of carbonyl (C=O) groups excluding carboxylic acids is 2. The molecule has 5 nitrogen and oxygen atoms in total. The highest BCUT2D eigenvalue weighted by atomic mass is 35.5. The maximum absolute atomic E-state index is 12.5. The van der Waals surface area contributed by atoms with Gasteiger partial charge >= 0.3 is 0 Å². The van der Waals surface area contributed by atoms with Gasteiger partial charge in [-0.15, -0.1) is 0 Å². The zero-order valence-electron chi connectivity index (χ0n) is 16.3. The van der Waals surface area contributed by atoms with E-state index in [9.17, 15) is 9.59 Å². The topological polar surface area (TPSA) is 65.2 Å². The quantitative estimate of drug-likeness (QED) is 0.644. The van der Waals surface area contributed by atoms with Crippen molar-refractivity contribution in [2.24, 2.45) is 0 Å². The van der Waals surface area contributed by atoms with Crippen LogP contribution in [0.5, 0.6) is 0 Å². The van der Waals surface area contributed by atoms with E-state index in [1.165, 1.54) is 6.92 Å². The Kier molecular flexibility index (Phi) is 6.05. The van der Waals surface area contributed by atoms with Gasteiger partial charge in [0.2, 0.25) is 11.8 Å². The molecule has 0 aliphatic carbocycles. The van der Waals surface area contributed by atoms with E-state index in [1.807, 2.05) is 56.4 Å². The number of benzene rings is 2. The second-order valence-corrected chi connectivity index (χ2v) is 7.44. The lowest BCUT2D eigenvalue weighted by Gasteiger charge is -2.21. The van der Waals surface area contributed by atoms with Crippen molar-refractivity contribution >= 4 is 40.0 Å². The largest absolute Gasteiger partial charge is 0.361 e. The predicted octanol–water partition coefficient (Wildman–Crippen LogP) is 4.47. The number of hydrogen-bond acceptors (Lipinski definition) is 2. The summed E-state index contributed by atoms with van der Waals surface area (Å²) < 4.78 is 0. The fourth-order valence-corrected chi connectivity index (χ4v) is 3.74. The number of aromatic nitrogens is 1. The number of para-hydroxylation sites is 1. The van der Waals surface area contributed by atoms with Gasteiger partial charge in [-0.1, -0.05) is 35.9 Å². The van der Waals surface area contributed by atoms with Crippen LogP contribution in [0.1, 0.15) is 23.6 Å². The summed E-state index contributed by atoms with van der Waals surface area (Å²) in [5.41, 5.74) is 4.71. The maximum Gasteiger partial charge on any atom is 0.244 e. The Labute approximate surface area is 169 Å². The van der Waals surface area contributed by atoms with Gasteiger partial charge in [-0.05, 0) is 49.1 Å². The van der Waals surface area contributed by atoms with Crippen LogP contribution in [0.4, 0.5) is 5.69 Å². The number of carbonyl (C=O) groups is 2. The monoisotopic (exact) mass is 397 g/mol. The highest BCUT2D eigenvalue weighted by Gasteiger charge is 2.16. The first-order valence-corrected chi connectivity index (χ1v) is 9.60. The van der Waals surface area contributed by atoms with E-state index >= 15 is 0 Å². The Morgan fingerprint density at radius 2 is 1.93 bits per heavy atom. The predicted molar refractivity (Wildman–Crippen MR) is 114 cm³/mol. The lowest BCUT2D eigenvalue weighted by Crippen LogP contribution is -2.38. The van der Waals surface area contributed by atoms with Gasteiger partial charge in [0, 0.05) is 30.6 Å². The first-order chi connectivity index (χ1) is 13.3. The molecule has 0 fully saturated rings. The Morgan fingerprint density at radius 1 is 1.18 bits per heavy atom. The van der Waals surface area contributed by atoms with Crippen molar-refractivity contribution in [1.29, 1.82) is 0 Å². The van der Waals surface area contributed by atoms with Crippen molar-refractivity contribution in [3.63, 3.8) is 0 Å². The molecule has 6 heteroatoms. The van der Waals surface area contributed by atoms with Crippen molar-refractivity contribution in [1.82, 2.24) is 9.88 Å². The van der Waals surface area contributed by atoms with Crippen molar-refractivity contribution in [3.05, 3.63) is 64.3 Å². The number of nitrogens with one attached hydrogen (secondary N) is 2. The summed E-state index contributed by atoms with van der Waals surface area (Å²) in [4.78, 5) is 29.4. The third kappa shape index (κ3) is 4.54. The Bertz CT molecular complexity index is 1000. The van der Waals surface area contributed by atoms with Crippen LogP contribution in [0.2, 0.25) is 5.02 Å². The molecule has 3 aromatic rings. The van der Waals surface area contributed by atoms with Crippen LogP contribution in [0.3, 0.4) is 0 Å². The molecule has 0 spiro atoms. The van der Waals surface area contributed by atoms with Gasteiger partial charge in [-0.2, -0.15) is 0 Å². The minimum Gasteiger partial charge on any atom is -0.361 e. The minimum absolute atomic E-state index is 0.0126. The molecule has 2 aromatic carbocycles. The molecule has 0 unspecified atom stereocenters. The molecule has 1 aromatic heterocycles. The number of rotatable bonds is 6. The number of hydrogen-bond donors (Lipinski definition) is 2. The zero-order valence-corrected chi connectivity index (χ0v) is 17.1. The highest BCUT2D eigenvalue weighted by Crippen LogP contribution is 2.27. The van der Waals surface area contributed by atoms with Crippen LogP contribution in [0.25, 0.3) is 10.9 Å². The summed E-state index contributed by atoms with van der Waals surface area (Å²) in [7, 11) is 0. The van der Waals surface area contributed by atoms with Crippen molar-refractivity contribution in [2.75, 3.05) is 18.4 Å². The van der Waals surface area contributed by atoms with Crippen LogP contribution in [0, 0.1) is 13.8 Å². The van der Waals surface area contributed by atoms with Crippen molar-refractivity contribution in [3.8, 4) is 0 Å². The first-order valence-electron chi connectivity index (χ1n) is 9.22. The third-order valence-electron chi connectivity index (χ3n) is 4.80. The first kappa shape index (κ1) is 20.0. The van der Waals surface area contributed by atoms with E-state index in [4.69, 9.17) is 11.6 Å². The smallest absolute Gasteiger partial charge is 0.244 e. The van der Waals surface area contributed by atoms with Crippen LogP contribution >= 0.6 is 11.6 Å². The van der Waals surface area contributed by atoms with Crippen LogP contribution in [-0.4, -0.2) is 34.8 Å². The normalized spacial score (nSPS) is 10.9. The minimum atomic E-state index is -0.261. The molecule has 0 aliphatic heterocycles. The lowest BCUT2D eigenvalue weighted by atomic mass is 10.1. The molecule has 0 aliphatic rings. The Morgan fingerprint density at radius 3 is 2.64 bits per heavy atom. The standard InChI is InChI=1S/C22H24ClN3O2/c1-14-10-15(2)22(19(23)11-14)25-21(28)13-26(16(3)27)9-8-17-12-24-20-7-5-4-6-18(17)20/h4-7,10-12,24H,8-9,13H2,1-3H3,(H,25,28). The highest BCUT2D eigenvalue weighted by molar-refractivity contribution is 6.34. The Balaban J connectivity index is 1.66. The second-order valence-electron chi connectivity index (χ2n) is 7.04. The summed E-state index contributed by atoms with van der Waals surface area (Å²) in [6.07, 6.45) is 2.62. The molecular weight excluding hydrogens is 374 g/mol. The van der Waals surface area contributed by atoms with Crippen molar-refractivity contribution < 1.29 is 9.59 Å². The third-order valence-corrected chi connectivity index (χ3v) is 5.10. The van der Waals surface area contributed by atoms with Gasteiger partial charge in [0.05, 0.1) is 17.3 Å². The van der Waals surface area contributed by atoms with Gasteiger partial charge < -0.3 is 15.2 Å². The number of amides is 2. The lowest BCUT2D eigenvalue weighted by molar-refractivity contribution is -0.132. The van der Waals surface area contributed by atoms with E-state index in [0.717, 1.165) is 27.6 Å². The molecular formula is C22H24ClN3O2. The summed E-state index contributed by atoms with van der Waals surface area (Å²) in [6.45, 7) is 5.78. The van der Waals surface area contributed by atoms with Crippen LogP contribution < -0.4 is 5.32 Å². The van der Waals surface area contributed by atoms with Gasteiger partial charge in [-0.3, -0.25) is 9.59 Å². The molecule has 0 saturated heterocycles. The summed E-state index contributed by atoms with van der Waals surface area (Å²) >= 11 is 6.26.